The van der Waals surface area contributed by atoms with Gasteiger partial charge in [0.1, 0.15) is 5.75 Å². The summed E-state index contributed by atoms with van der Waals surface area (Å²) in [5.74, 6) is 0.428. The van der Waals surface area contributed by atoms with Crippen molar-refractivity contribution in [1.29, 1.82) is 0 Å². The Kier molecular flexibility index (Phi) is 7.40. The summed E-state index contributed by atoms with van der Waals surface area (Å²) >= 11 is 0. The lowest BCUT2D eigenvalue weighted by Gasteiger charge is -2.23. The number of aliphatic hydroxyl groups excluding tert-OH is 1. The van der Waals surface area contributed by atoms with Crippen LogP contribution in [0.25, 0.3) is 0 Å². The van der Waals surface area contributed by atoms with Crippen LogP contribution < -0.4 is 20.7 Å². The fraction of sp³-hybridized carbons (Fsp3) is 0.333. The summed E-state index contributed by atoms with van der Waals surface area (Å²) in [7, 11) is 0. The first-order valence-corrected chi connectivity index (χ1v) is 9.13. The number of benzene rings is 2. The molecule has 0 fully saturated rings. The molecule has 0 saturated heterocycles. The van der Waals surface area contributed by atoms with E-state index in [1.165, 1.54) is 0 Å². The molecular weight excluding hydrogens is 358 g/mol. The Morgan fingerprint density at radius 3 is 2.36 bits per heavy atom. The highest BCUT2D eigenvalue weighted by Gasteiger charge is 2.19. The summed E-state index contributed by atoms with van der Waals surface area (Å²) in [6.07, 6.45) is 0.192. The third-order valence-corrected chi connectivity index (χ3v) is 3.88. The highest BCUT2D eigenvalue weighted by molar-refractivity contribution is 6.00. The van der Waals surface area contributed by atoms with Crippen molar-refractivity contribution in [3.63, 3.8) is 0 Å². The molecule has 0 aliphatic heterocycles. The topological polar surface area (TPSA) is 99.7 Å². The molecule has 0 heterocycles. The molecule has 7 heteroatoms. The average Bonchev–Trinajstić information content (AvgIpc) is 2.64. The van der Waals surface area contributed by atoms with Crippen LogP contribution in [0.15, 0.2) is 48.5 Å². The van der Waals surface area contributed by atoms with Gasteiger partial charge in [-0.1, -0.05) is 24.3 Å². The molecule has 0 saturated carbocycles. The minimum atomic E-state index is -0.658. The fourth-order valence-corrected chi connectivity index (χ4v) is 2.49. The summed E-state index contributed by atoms with van der Waals surface area (Å²) < 4.78 is 5.49. The van der Waals surface area contributed by atoms with Gasteiger partial charge in [-0.3, -0.25) is 4.79 Å². The number of hydrogen-bond acceptors (Lipinski definition) is 4. The summed E-state index contributed by atoms with van der Waals surface area (Å²) in [6, 6.07) is 13.8. The Bertz CT molecular complexity index is 804. The molecule has 0 atom stereocenters. The van der Waals surface area contributed by atoms with Gasteiger partial charge in [0.25, 0.3) is 0 Å². The van der Waals surface area contributed by atoms with E-state index < -0.39 is 5.54 Å². The maximum absolute atomic E-state index is 12.2. The lowest BCUT2D eigenvalue weighted by Crippen LogP contribution is -2.46. The van der Waals surface area contributed by atoms with Gasteiger partial charge in [0, 0.05) is 5.69 Å². The number of nitrogens with one attached hydrogen (secondary N) is 3. The molecule has 0 aliphatic carbocycles. The van der Waals surface area contributed by atoms with Crippen LogP contribution in [0, 0.1) is 0 Å². The molecule has 2 aromatic rings. The molecule has 2 rings (SSSR count). The Labute approximate surface area is 165 Å². The van der Waals surface area contributed by atoms with E-state index in [1.54, 1.807) is 50.2 Å². The van der Waals surface area contributed by atoms with E-state index in [1.807, 2.05) is 19.1 Å². The first kappa shape index (κ1) is 21.2. The number of anilines is 2. The van der Waals surface area contributed by atoms with Crippen LogP contribution in [0.1, 0.15) is 26.3 Å². The number of aliphatic hydroxyl groups is 1. The zero-order valence-electron chi connectivity index (χ0n) is 16.4. The molecule has 2 aromatic carbocycles. The van der Waals surface area contributed by atoms with Crippen LogP contribution in [0.2, 0.25) is 0 Å². The number of amides is 3. The second kappa shape index (κ2) is 9.75. The molecule has 28 heavy (non-hydrogen) atoms. The van der Waals surface area contributed by atoms with Gasteiger partial charge in [0.2, 0.25) is 5.91 Å². The highest BCUT2D eigenvalue weighted by Crippen LogP contribution is 2.23. The average molecular weight is 385 g/mol. The molecule has 0 aliphatic rings. The number of para-hydroxylation sites is 2. The smallest absolute Gasteiger partial charge is 0.323 e. The van der Waals surface area contributed by atoms with Crippen molar-refractivity contribution >= 4 is 23.3 Å². The lowest BCUT2D eigenvalue weighted by atomic mass is 10.1. The third kappa shape index (κ3) is 6.59. The molecule has 7 nitrogen and oxygen atoms in total. The first-order chi connectivity index (χ1) is 13.3. The summed E-state index contributed by atoms with van der Waals surface area (Å²) in [4.78, 5) is 24.2. The molecular formula is C21H27N3O4. The van der Waals surface area contributed by atoms with Gasteiger partial charge >= 0.3 is 6.03 Å². The van der Waals surface area contributed by atoms with E-state index in [0.717, 1.165) is 5.56 Å². The van der Waals surface area contributed by atoms with Gasteiger partial charge in [0.05, 0.1) is 30.9 Å². The Morgan fingerprint density at radius 2 is 1.71 bits per heavy atom. The second-order valence-corrected chi connectivity index (χ2v) is 6.97. The van der Waals surface area contributed by atoms with Crippen molar-refractivity contribution in [1.82, 2.24) is 5.32 Å². The summed E-state index contributed by atoms with van der Waals surface area (Å²) in [5.41, 5.74) is 1.33. The SMILES string of the molecule is CCOc1ccccc1NC(=O)Nc1ccc(CC(=O)NC(C)(C)CO)cc1. The minimum Gasteiger partial charge on any atom is -0.492 e. The predicted molar refractivity (Wildman–Crippen MR) is 110 cm³/mol. The molecule has 0 spiro atoms. The zero-order valence-corrected chi connectivity index (χ0v) is 16.4. The van der Waals surface area contributed by atoms with Crippen LogP contribution in [0.5, 0.6) is 5.75 Å². The number of carbonyl (C=O) groups is 2. The highest BCUT2D eigenvalue weighted by atomic mass is 16.5. The molecule has 4 N–H and O–H groups in total. The second-order valence-electron chi connectivity index (χ2n) is 6.97. The van der Waals surface area contributed by atoms with Crippen molar-refractivity contribution in [2.45, 2.75) is 32.7 Å². The summed E-state index contributed by atoms with van der Waals surface area (Å²) in [5, 5.41) is 17.5. The number of ether oxygens (including phenoxy) is 1. The van der Waals surface area contributed by atoms with Crippen molar-refractivity contribution in [2.75, 3.05) is 23.8 Å². The third-order valence-electron chi connectivity index (χ3n) is 3.88. The van der Waals surface area contributed by atoms with Crippen LogP contribution in [-0.4, -0.2) is 35.8 Å². The Morgan fingerprint density at radius 1 is 1.04 bits per heavy atom. The normalized spacial score (nSPS) is 10.9. The maximum atomic E-state index is 12.2. The minimum absolute atomic E-state index is 0.136. The largest absolute Gasteiger partial charge is 0.492 e. The van der Waals surface area contributed by atoms with E-state index in [-0.39, 0.29) is 25.0 Å². The first-order valence-electron chi connectivity index (χ1n) is 9.13. The monoisotopic (exact) mass is 385 g/mol. The van der Waals surface area contributed by atoms with Gasteiger partial charge in [0.15, 0.2) is 0 Å². The molecule has 3 amide bonds. The van der Waals surface area contributed by atoms with E-state index >= 15 is 0 Å². The van der Waals surface area contributed by atoms with Crippen LogP contribution >= 0.6 is 0 Å². The quantitative estimate of drug-likeness (QED) is 0.561. The Hall–Kier alpha value is -3.06. The standard InChI is InChI=1S/C21H27N3O4/c1-4-28-18-8-6-5-7-17(18)23-20(27)22-16-11-9-15(10-12-16)13-19(26)24-21(2,3)14-25/h5-12,25H,4,13-14H2,1-3H3,(H,24,26)(H2,22,23,27). The van der Waals surface area contributed by atoms with Crippen molar-refractivity contribution in [3.8, 4) is 5.75 Å². The van der Waals surface area contributed by atoms with E-state index in [4.69, 9.17) is 4.74 Å². The van der Waals surface area contributed by atoms with Gasteiger partial charge in [-0.15, -0.1) is 0 Å². The number of urea groups is 1. The molecule has 0 bridgehead atoms. The summed E-state index contributed by atoms with van der Waals surface area (Å²) in [6.45, 7) is 5.75. The van der Waals surface area contributed by atoms with Gasteiger partial charge < -0.3 is 25.8 Å². The van der Waals surface area contributed by atoms with E-state index in [0.29, 0.717) is 23.7 Å². The number of rotatable bonds is 8. The number of hydrogen-bond donors (Lipinski definition) is 4. The van der Waals surface area contributed by atoms with Gasteiger partial charge in [-0.05, 0) is 50.6 Å². The van der Waals surface area contributed by atoms with Crippen molar-refractivity contribution < 1.29 is 19.4 Å². The van der Waals surface area contributed by atoms with Crippen LogP contribution in [0.3, 0.4) is 0 Å². The fourth-order valence-electron chi connectivity index (χ4n) is 2.49. The zero-order chi connectivity index (χ0) is 20.6. The lowest BCUT2D eigenvalue weighted by molar-refractivity contribution is -0.122. The van der Waals surface area contributed by atoms with E-state index in [9.17, 15) is 14.7 Å². The Balaban J connectivity index is 1.92. The number of carbonyl (C=O) groups excluding carboxylic acids is 2. The van der Waals surface area contributed by atoms with Crippen molar-refractivity contribution in [3.05, 3.63) is 54.1 Å². The molecule has 0 aromatic heterocycles. The molecule has 0 radical (unpaired) electrons. The van der Waals surface area contributed by atoms with Gasteiger partial charge in [-0.2, -0.15) is 0 Å². The van der Waals surface area contributed by atoms with E-state index in [2.05, 4.69) is 16.0 Å². The maximum Gasteiger partial charge on any atom is 0.323 e. The van der Waals surface area contributed by atoms with Crippen LogP contribution in [-0.2, 0) is 11.2 Å². The predicted octanol–water partition coefficient (Wildman–Crippen LogP) is 3.16. The molecule has 150 valence electrons. The van der Waals surface area contributed by atoms with Crippen molar-refractivity contribution in [2.24, 2.45) is 0 Å². The van der Waals surface area contributed by atoms with Gasteiger partial charge in [-0.25, -0.2) is 4.79 Å². The van der Waals surface area contributed by atoms with Crippen LogP contribution in [0.4, 0.5) is 16.2 Å². The molecule has 0 unspecified atom stereocenters.